The molecular formula is C20H24FN3O2. The van der Waals surface area contributed by atoms with Crippen LogP contribution < -0.4 is 5.32 Å². The van der Waals surface area contributed by atoms with Crippen molar-refractivity contribution >= 4 is 5.91 Å². The van der Waals surface area contributed by atoms with Crippen molar-refractivity contribution in [1.82, 2.24) is 15.4 Å². The summed E-state index contributed by atoms with van der Waals surface area (Å²) in [4.78, 5) is 15.0. The topological polar surface area (TPSA) is 58.4 Å². The van der Waals surface area contributed by atoms with Gasteiger partial charge in [-0.3, -0.25) is 4.79 Å². The summed E-state index contributed by atoms with van der Waals surface area (Å²) in [5, 5.41) is 7.55. The lowest BCUT2D eigenvalue weighted by molar-refractivity contribution is 0.0568. The molecule has 0 spiro atoms. The number of aryl methyl sites for hydroxylation is 1. The summed E-state index contributed by atoms with van der Waals surface area (Å²) in [6.45, 7) is 3.58. The molecule has 2 aliphatic heterocycles. The van der Waals surface area contributed by atoms with E-state index in [-0.39, 0.29) is 29.7 Å². The predicted octanol–water partition coefficient (Wildman–Crippen LogP) is 3.13. The van der Waals surface area contributed by atoms with E-state index in [1.54, 1.807) is 6.07 Å². The number of piperidine rings is 1. The molecule has 138 valence electrons. The van der Waals surface area contributed by atoms with Gasteiger partial charge in [0.2, 0.25) is 0 Å². The van der Waals surface area contributed by atoms with Crippen LogP contribution in [0.1, 0.15) is 53.9 Å². The Hall–Kier alpha value is -2.21. The second kappa shape index (κ2) is 7.19. The van der Waals surface area contributed by atoms with Crippen LogP contribution in [0.25, 0.3) is 0 Å². The van der Waals surface area contributed by atoms with E-state index in [0.717, 1.165) is 50.1 Å². The van der Waals surface area contributed by atoms with Crippen molar-refractivity contribution in [2.24, 2.45) is 0 Å². The van der Waals surface area contributed by atoms with E-state index in [4.69, 9.17) is 4.52 Å². The van der Waals surface area contributed by atoms with Crippen molar-refractivity contribution in [3.8, 4) is 0 Å². The molecule has 3 atom stereocenters. The van der Waals surface area contributed by atoms with Gasteiger partial charge < -0.3 is 14.7 Å². The summed E-state index contributed by atoms with van der Waals surface area (Å²) >= 11 is 0. The van der Waals surface area contributed by atoms with Gasteiger partial charge in [0.1, 0.15) is 11.6 Å². The summed E-state index contributed by atoms with van der Waals surface area (Å²) in [6.07, 6.45) is 3.75. The average Bonchev–Trinajstić information content (AvgIpc) is 3.29. The molecule has 26 heavy (non-hydrogen) atoms. The number of amides is 1. The first-order valence-corrected chi connectivity index (χ1v) is 9.42. The Morgan fingerprint density at radius 3 is 2.96 bits per heavy atom. The Bertz CT molecular complexity index is 774. The van der Waals surface area contributed by atoms with Crippen molar-refractivity contribution in [1.29, 1.82) is 0 Å². The molecule has 2 aliphatic rings. The van der Waals surface area contributed by atoms with E-state index >= 15 is 0 Å². The molecule has 1 aromatic carbocycles. The number of fused-ring (bicyclic) bond motifs is 1. The van der Waals surface area contributed by atoms with Crippen LogP contribution in [-0.2, 0) is 6.42 Å². The number of halogens is 1. The minimum Gasteiger partial charge on any atom is -0.361 e. The first-order valence-electron chi connectivity index (χ1n) is 9.42. The predicted molar refractivity (Wildman–Crippen MR) is 95.5 cm³/mol. The highest BCUT2D eigenvalue weighted by Crippen LogP contribution is 2.35. The van der Waals surface area contributed by atoms with Gasteiger partial charge in [-0.05, 0) is 37.0 Å². The molecule has 5 nitrogen and oxygen atoms in total. The third-order valence-electron chi connectivity index (χ3n) is 5.53. The Morgan fingerprint density at radius 1 is 1.38 bits per heavy atom. The van der Waals surface area contributed by atoms with Gasteiger partial charge >= 0.3 is 0 Å². The molecule has 0 bridgehead atoms. The van der Waals surface area contributed by atoms with Crippen LogP contribution in [-0.4, -0.2) is 41.1 Å². The van der Waals surface area contributed by atoms with Gasteiger partial charge in [0.05, 0.1) is 6.04 Å². The lowest BCUT2D eigenvalue weighted by Crippen LogP contribution is -2.52. The monoisotopic (exact) mass is 357 g/mol. The van der Waals surface area contributed by atoms with E-state index in [1.165, 1.54) is 12.1 Å². The average molecular weight is 357 g/mol. The number of carbonyl (C=O) groups is 1. The SMILES string of the molecule is CCCc1cc(C(=O)N2CCC[C@H]3NC[C@H](c4ccc(F)cc4)[C@H]32)no1. The van der Waals surface area contributed by atoms with Crippen LogP contribution in [0.3, 0.4) is 0 Å². The number of nitrogens with zero attached hydrogens (tertiary/aromatic N) is 2. The smallest absolute Gasteiger partial charge is 0.276 e. The zero-order valence-corrected chi connectivity index (χ0v) is 15.0. The molecule has 1 N–H and O–H groups in total. The lowest BCUT2D eigenvalue weighted by Gasteiger charge is -2.39. The summed E-state index contributed by atoms with van der Waals surface area (Å²) in [5.41, 5.74) is 1.46. The molecule has 2 fully saturated rings. The maximum Gasteiger partial charge on any atom is 0.276 e. The lowest BCUT2D eigenvalue weighted by atomic mass is 9.86. The maximum absolute atomic E-state index is 13.3. The van der Waals surface area contributed by atoms with Crippen LogP contribution in [0.15, 0.2) is 34.9 Å². The molecule has 3 heterocycles. The van der Waals surface area contributed by atoms with Gasteiger partial charge in [-0.25, -0.2) is 4.39 Å². The number of nitrogens with one attached hydrogen (secondary N) is 1. The third kappa shape index (κ3) is 3.14. The molecular weight excluding hydrogens is 333 g/mol. The molecule has 6 heteroatoms. The van der Waals surface area contributed by atoms with Crippen molar-refractivity contribution in [3.63, 3.8) is 0 Å². The fourth-order valence-corrected chi connectivity index (χ4v) is 4.33. The Balaban J connectivity index is 1.59. The Morgan fingerprint density at radius 2 is 2.19 bits per heavy atom. The number of benzene rings is 1. The van der Waals surface area contributed by atoms with Gasteiger partial charge in [0, 0.05) is 37.5 Å². The second-order valence-electron chi connectivity index (χ2n) is 7.23. The molecule has 2 aromatic rings. The molecule has 1 amide bonds. The van der Waals surface area contributed by atoms with Crippen molar-refractivity contribution < 1.29 is 13.7 Å². The van der Waals surface area contributed by atoms with E-state index in [2.05, 4.69) is 17.4 Å². The van der Waals surface area contributed by atoms with Gasteiger partial charge in [0.25, 0.3) is 5.91 Å². The largest absolute Gasteiger partial charge is 0.361 e. The molecule has 4 rings (SSSR count). The number of hydrogen-bond donors (Lipinski definition) is 1. The van der Waals surface area contributed by atoms with Crippen LogP contribution in [0.2, 0.25) is 0 Å². The third-order valence-corrected chi connectivity index (χ3v) is 5.53. The van der Waals surface area contributed by atoms with E-state index < -0.39 is 0 Å². The Labute approximate surface area is 152 Å². The highest BCUT2D eigenvalue weighted by atomic mass is 19.1. The van der Waals surface area contributed by atoms with Crippen LogP contribution in [0.4, 0.5) is 4.39 Å². The molecule has 2 saturated heterocycles. The fourth-order valence-electron chi connectivity index (χ4n) is 4.33. The zero-order valence-electron chi connectivity index (χ0n) is 15.0. The summed E-state index contributed by atoms with van der Waals surface area (Å²) in [5.74, 6) is 0.608. The van der Waals surface area contributed by atoms with Gasteiger partial charge in [0.15, 0.2) is 5.69 Å². The van der Waals surface area contributed by atoms with E-state index in [0.29, 0.717) is 5.69 Å². The molecule has 1 aromatic heterocycles. The first kappa shape index (κ1) is 17.2. The maximum atomic E-state index is 13.3. The Kier molecular flexibility index (Phi) is 4.76. The van der Waals surface area contributed by atoms with Gasteiger partial charge in [-0.15, -0.1) is 0 Å². The fraction of sp³-hybridized carbons (Fsp3) is 0.500. The van der Waals surface area contributed by atoms with Crippen molar-refractivity contribution in [2.45, 2.75) is 50.6 Å². The molecule has 0 saturated carbocycles. The quantitative estimate of drug-likeness (QED) is 0.913. The summed E-state index contributed by atoms with van der Waals surface area (Å²) < 4.78 is 18.6. The van der Waals surface area contributed by atoms with Crippen LogP contribution in [0.5, 0.6) is 0 Å². The second-order valence-corrected chi connectivity index (χ2v) is 7.23. The molecule has 0 aliphatic carbocycles. The van der Waals surface area contributed by atoms with Crippen LogP contribution >= 0.6 is 0 Å². The molecule has 0 radical (unpaired) electrons. The van der Waals surface area contributed by atoms with Gasteiger partial charge in [-0.1, -0.05) is 24.2 Å². The minimum absolute atomic E-state index is 0.0630. The minimum atomic E-state index is -0.237. The summed E-state index contributed by atoms with van der Waals surface area (Å²) in [7, 11) is 0. The highest BCUT2D eigenvalue weighted by Gasteiger charge is 2.44. The number of likely N-dealkylation sites (tertiary alicyclic amines) is 1. The van der Waals surface area contributed by atoms with Crippen molar-refractivity contribution in [2.75, 3.05) is 13.1 Å². The first-order chi connectivity index (χ1) is 12.7. The number of hydrogen-bond acceptors (Lipinski definition) is 4. The number of rotatable bonds is 4. The van der Waals surface area contributed by atoms with Crippen LogP contribution in [0, 0.1) is 5.82 Å². The number of carbonyl (C=O) groups excluding carboxylic acids is 1. The normalized spacial score (nSPS) is 25.3. The van der Waals surface area contributed by atoms with Crippen molar-refractivity contribution in [3.05, 3.63) is 53.2 Å². The number of aromatic nitrogens is 1. The van der Waals surface area contributed by atoms with Gasteiger partial charge in [-0.2, -0.15) is 0 Å². The van der Waals surface area contributed by atoms with E-state index in [9.17, 15) is 9.18 Å². The standard InChI is InChI=1S/C20H24FN3O2/c1-2-4-15-11-18(23-26-15)20(25)24-10-3-5-17-19(24)16(12-22-17)13-6-8-14(21)9-7-13/h6-9,11,16-17,19,22H,2-5,10,12H2,1H3/t16-,17-,19-/m1/s1. The highest BCUT2D eigenvalue weighted by molar-refractivity contribution is 5.92. The summed E-state index contributed by atoms with van der Waals surface area (Å²) in [6, 6.07) is 8.74. The zero-order chi connectivity index (χ0) is 18.1. The van der Waals surface area contributed by atoms with E-state index in [1.807, 2.05) is 17.0 Å². The molecule has 0 unspecified atom stereocenters.